The number of aromatic hydroxyl groups is 2. The molecule has 11 heteroatoms. The van der Waals surface area contributed by atoms with Crippen LogP contribution in [-0.4, -0.2) is 29.7 Å². The van der Waals surface area contributed by atoms with Crippen LogP contribution in [0.15, 0.2) is 34.0 Å². The third kappa shape index (κ3) is 4.48. The number of fused-ring (bicyclic) bond motifs is 1. The van der Waals surface area contributed by atoms with Gasteiger partial charge in [0.25, 0.3) is 0 Å². The minimum absolute atomic E-state index is 0.0951. The zero-order chi connectivity index (χ0) is 23.3. The van der Waals surface area contributed by atoms with Crippen molar-refractivity contribution in [2.75, 3.05) is 0 Å². The molecule has 0 atom stereocenters. The highest BCUT2D eigenvalue weighted by molar-refractivity contribution is 7.89. The molecule has 0 bridgehead atoms. The summed E-state index contributed by atoms with van der Waals surface area (Å²) in [5.41, 5.74) is 2.89. The van der Waals surface area contributed by atoms with Crippen LogP contribution in [0.3, 0.4) is 0 Å². The Kier molecular flexibility index (Phi) is 5.64. The molecule has 8 nitrogen and oxygen atoms in total. The van der Waals surface area contributed by atoms with Crippen molar-refractivity contribution >= 4 is 33.0 Å². The molecule has 1 saturated carbocycles. The molecule has 33 heavy (non-hydrogen) atoms. The van der Waals surface area contributed by atoms with E-state index in [0.29, 0.717) is 22.1 Å². The van der Waals surface area contributed by atoms with E-state index in [1.54, 1.807) is 6.07 Å². The van der Waals surface area contributed by atoms with E-state index in [1.165, 1.54) is 18.2 Å². The Morgan fingerprint density at radius 3 is 2.64 bits per heavy atom. The molecule has 0 amide bonds. The Labute approximate surface area is 198 Å². The van der Waals surface area contributed by atoms with Crippen LogP contribution in [-0.2, 0) is 29.3 Å². The Morgan fingerprint density at radius 1 is 1.18 bits per heavy atom. The van der Waals surface area contributed by atoms with Crippen LogP contribution in [0.25, 0.3) is 0 Å². The molecule has 0 spiro atoms. The number of ether oxygens (including phenoxy) is 1. The molecule has 0 unspecified atom stereocenters. The highest BCUT2D eigenvalue weighted by Crippen LogP contribution is 2.43. The molecular formula is C22H21ClN2O6S2. The van der Waals surface area contributed by atoms with Gasteiger partial charge in [-0.3, -0.25) is 9.78 Å². The van der Waals surface area contributed by atoms with E-state index >= 15 is 0 Å². The number of halogens is 1. The maximum absolute atomic E-state index is 12.6. The van der Waals surface area contributed by atoms with Gasteiger partial charge < -0.3 is 14.9 Å². The minimum atomic E-state index is -3.87. The lowest BCUT2D eigenvalue weighted by atomic mass is 9.99. The van der Waals surface area contributed by atoms with Gasteiger partial charge in [-0.15, -0.1) is 0 Å². The molecule has 0 saturated heterocycles. The molecule has 0 radical (unpaired) electrons. The number of hydrogen-bond donors (Lipinski definition) is 4. The molecule has 2 aliphatic rings. The fourth-order valence-electron chi connectivity index (χ4n) is 4.09. The van der Waals surface area contributed by atoms with E-state index in [2.05, 4.69) is 9.71 Å². The second kappa shape index (κ2) is 8.35. The fraction of sp³-hybridized carbons (Fsp3) is 0.318. The van der Waals surface area contributed by atoms with Gasteiger partial charge in [-0.25, -0.2) is 13.1 Å². The van der Waals surface area contributed by atoms with Crippen molar-refractivity contribution in [1.82, 2.24) is 9.71 Å². The van der Waals surface area contributed by atoms with Crippen molar-refractivity contribution in [3.8, 4) is 23.1 Å². The number of phenolic OH excluding ortho intramolecular Hbond substituents is 1. The summed E-state index contributed by atoms with van der Waals surface area (Å²) in [6.07, 6.45) is 4.36. The number of aromatic nitrogens is 1. The molecule has 2 aromatic carbocycles. The lowest BCUT2D eigenvalue weighted by molar-refractivity contribution is 0.446. The number of sulfonamides is 1. The smallest absolute Gasteiger partial charge is 0.307 e. The van der Waals surface area contributed by atoms with Crippen molar-refractivity contribution in [1.29, 1.82) is 0 Å². The summed E-state index contributed by atoms with van der Waals surface area (Å²) in [5.74, 6) is 0.205. The van der Waals surface area contributed by atoms with Gasteiger partial charge in [-0.05, 0) is 67.0 Å². The standard InChI is InChI=1S/C22H21ClN2O6S2/c23-16-8-11(9-18-21(27)24-22(28)32-18)14-2-1-3-15(14)20(16)31-13-6-7-17(26)19(10-13)33(29,30)25-12-4-5-12/h6-8,10,12,25-27H,1-5,9H2,(H,24,28). The van der Waals surface area contributed by atoms with Gasteiger partial charge in [0.2, 0.25) is 15.9 Å². The van der Waals surface area contributed by atoms with Crippen molar-refractivity contribution in [3.05, 3.63) is 60.5 Å². The summed E-state index contributed by atoms with van der Waals surface area (Å²) in [4.78, 5) is 13.9. The molecule has 1 aromatic heterocycles. The number of aromatic amines is 1. The number of rotatable bonds is 7. The number of benzene rings is 2. The Morgan fingerprint density at radius 2 is 1.94 bits per heavy atom. The zero-order valence-corrected chi connectivity index (χ0v) is 19.7. The van der Waals surface area contributed by atoms with Gasteiger partial charge in [-0.1, -0.05) is 22.9 Å². The van der Waals surface area contributed by atoms with Crippen LogP contribution < -0.4 is 14.3 Å². The molecule has 4 N–H and O–H groups in total. The molecule has 1 fully saturated rings. The third-order valence-corrected chi connectivity index (χ3v) is 8.49. The Bertz CT molecular complexity index is 1410. The second-order valence-electron chi connectivity index (χ2n) is 8.25. The van der Waals surface area contributed by atoms with E-state index in [1.807, 2.05) is 0 Å². The number of nitrogens with one attached hydrogen (secondary N) is 2. The van der Waals surface area contributed by atoms with E-state index in [9.17, 15) is 23.4 Å². The van der Waals surface area contributed by atoms with Crippen LogP contribution in [0.2, 0.25) is 5.02 Å². The van der Waals surface area contributed by atoms with E-state index in [-0.39, 0.29) is 33.2 Å². The monoisotopic (exact) mass is 508 g/mol. The van der Waals surface area contributed by atoms with Crippen molar-refractivity contribution < 1.29 is 23.4 Å². The second-order valence-corrected chi connectivity index (χ2v) is 11.4. The van der Waals surface area contributed by atoms with Crippen molar-refractivity contribution in [3.63, 3.8) is 0 Å². The predicted octanol–water partition coefficient (Wildman–Crippen LogP) is 3.81. The Hall–Kier alpha value is -2.53. The number of hydrogen-bond acceptors (Lipinski definition) is 7. The summed E-state index contributed by atoms with van der Waals surface area (Å²) >= 11 is 7.54. The molecule has 2 aliphatic carbocycles. The van der Waals surface area contributed by atoms with Gasteiger partial charge in [-0.2, -0.15) is 0 Å². The predicted molar refractivity (Wildman–Crippen MR) is 124 cm³/mol. The van der Waals surface area contributed by atoms with Gasteiger partial charge in [0.1, 0.15) is 22.1 Å². The average Bonchev–Trinajstić information content (AvgIpc) is 3.29. The van der Waals surface area contributed by atoms with Crippen LogP contribution in [0, 0.1) is 0 Å². The first-order valence-corrected chi connectivity index (χ1v) is 13.2. The minimum Gasteiger partial charge on any atom is -0.507 e. The molecular weight excluding hydrogens is 488 g/mol. The first kappa shape index (κ1) is 22.3. The largest absolute Gasteiger partial charge is 0.507 e. The quantitative estimate of drug-likeness (QED) is 0.384. The van der Waals surface area contributed by atoms with Gasteiger partial charge >= 0.3 is 4.87 Å². The molecule has 0 aliphatic heterocycles. The molecule has 174 valence electrons. The van der Waals surface area contributed by atoms with Crippen LogP contribution >= 0.6 is 22.9 Å². The molecule has 1 heterocycles. The highest BCUT2D eigenvalue weighted by atomic mass is 35.5. The first-order valence-electron chi connectivity index (χ1n) is 10.5. The number of H-pyrrole nitrogens is 1. The van der Waals surface area contributed by atoms with Gasteiger partial charge in [0.05, 0.1) is 9.90 Å². The topological polar surface area (TPSA) is 129 Å². The van der Waals surface area contributed by atoms with E-state index < -0.39 is 10.0 Å². The van der Waals surface area contributed by atoms with Crippen LogP contribution in [0.1, 0.15) is 40.8 Å². The number of phenols is 1. The van der Waals surface area contributed by atoms with Gasteiger partial charge in [0, 0.05) is 18.5 Å². The third-order valence-electron chi connectivity index (χ3n) is 5.79. The fourth-order valence-corrected chi connectivity index (χ4v) is 6.53. The summed E-state index contributed by atoms with van der Waals surface area (Å²) in [5, 5.41) is 20.4. The van der Waals surface area contributed by atoms with Crippen molar-refractivity contribution in [2.24, 2.45) is 0 Å². The summed E-state index contributed by atoms with van der Waals surface area (Å²) in [6, 6.07) is 5.74. The van der Waals surface area contributed by atoms with Crippen LogP contribution in [0.4, 0.5) is 0 Å². The summed E-state index contributed by atoms with van der Waals surface area (Å²) in [7, 11) is -3.87. The zero-order valence-electron chi connectivity index (χ0n) is 17.4. The van der Waals surface area contributed by atoms with Crippen LogP contribution in [0.5, 0.6) is 23.1 Å². The molecule has 3 aromatic rings. The maximum Gasteiger partial charge on any atom is 0.307 e. The SMILES string of the molecule is O=c1[nH]c(O)c(Cc2cc(Cl)c(Oc3ccc(O)c(S(=O)(=O)NC4CC4)c3)c3c2CCC3)s1. The lowest BCUT2D eigenvalue weighted by Crippen LogP contribution is -2.25. The van der Waals surface area contributed by atoms with E-state index in [0.717, 1.165) is 60.1 Å². The van der Waals surface area contributed by atoms with Gasteiger partial charge in [0.15, 0.2) is 0 Å². The first-order chi connectivity index (χ1) is 15.7. The summed E-state index contributed by atoms with van der Waals surface area (Å²) < 4.78 is 33.8. The summed E-state index contributed by atoms with van der Waals surface area (Å²) in [6.45, 7) is 0. The molecule has 5 rings (SSSR count). The highest BCUT2D eigenvalue weighted by Gasteiger charge is 2.30. The maximum atomic E-state index is 12.6. The average molecular weight is 509 g/mol. The Balaban J connectivity index is 1.48. The lowest BCUT2D eigenvalue weighted by Gasteiger charge is -2.17. The van der Waals surface area contributed by atoms with Crippen molar-refractivity contribution in [2.45, 2.75) is 49.5 Å². The number of thiazole rings is 1. The van der Waals surface area contributed by atoms with E-state index in [4.69, 9.17) is 16.3 Å². The normalized spacial score (nSPS) is 15.5.